The van der Waals surface area contributed by atoms with Gasteiger partial charge in [-0.2, -0.15) is 0 Å². The van der Waals surface area contributed by atoms with E-state index in [0.29, 0.717) is 12.6 Å². The van der Waals surface area contributed by atoms with Gasteiger partial charge in [0.05, 0.1) is 6.54 Å². The van der Waals surface area contributed by atoms with Crippen molar-refractivity contribution in [1.82, 2.24) is 15.5 Å². The molecule has 2 amide bonds. The molecular weight excluding hydrogens is 194 g/mol. The fourth-order valence-electron chi connectivity index (χ4n) is 2.21. The largest absolute Gasteiger partial charge is 0.343 e. The molecule has 0 aromatic carbocycles. The highest BCUT2D eigenvalue weighted by atomic mass is 16.2. The Morgan fingerprint density at radius 1 is 1.47 bits per heavy atom. The lowest BCUT2D eigenvalue weighted by Crippen LogP contribution is -2.58. The number of hydrogen-bond acceptors (Lipinski definition) is 3. The Morgan fingerprint density at radius 3 is 2.93 bits per heavy atom. The average Bonchev–Trinajstić information content (AvgIpc) is 2.66. The third-order valence-electron chi connectivity index (χ3n) is 3.00. The van der Waals surface area contributed by atoms with Crippen LogP contribution in [0.25, 0.3) is 0 Å². The highest BCUT2D eigenvalue weighted by Gasteiger charge is 2.31. The highest BCUT2D eigenvalue weighted by molar-refractivity contribution is 5.94. The predicted octanol–water partition coefficient (Wildman–Crippen LogP) is -0.915. The van der Waals surface area contributed by atoms with Gasteiger partial charge >= 0.3 is 0 Å². The summed E-state index contributed by atoms with van der Waals surface area (Å²) in [6, 6.07) is -0.000275. The van der Waals surface area contributed by atoms with Crippen molar-refractivity contribution in [2.24, 2.45) is 0 Å². The van der Waals surface area contributed by atoms with E-state index in [4.69, 9.17) is 0 Å². The van der Waals surface area contributed by atoms with Crippen molar-refractivity contribution in [2.45, 2.75) is 31.8 Å². The molecule has 84 valence electrons. The Labute approximate surface area is 89.2 Å². The van der Waals surface area contributed by atoms with Crippen molar-refractivity contribution in [2.75, 3.05) is 19.6 Å². The van der Waals surface area contributed by atoms with E-state index in [1.807, 2.05) is 0 Å². The third-order valence-corrected chi connectivity index (χ3v) is 3.00. The molecule has 2 atom stereocenters. The summed E-state index contributed by atoms with van der Waals surface area (Å²) < 4.78 is 0. The molecule has 2 saturated heterocycles. The van der Waals surface area contributed by atoms with Crippen molar-refractivity contribution in [3.8, 4) is 0 Å². The van der Waals surface area contributed by atoms with Crippen LogP contribution in [0.3, 0.4) is 0 Å². The first-order valence-electron chi connectivity index (χ1n) is 5.48. The zero-order chi connectivity index (χ0) is 10.8. The quantitative estimate of drug-likeness (QED) is 0.621. The number of piperazine rings is 1. The Bertz CT molecular complexity index is 274. The van der Waals surface area contributed by atoms with E-state index in [0.717, 1.165) is 19.4 Å². The zero-order valence-electron chi connectivity index (χ0n) is 8.95. The molecule has 5 heteroatoms. The maximum atomic E-state index is 11.7. The Hall–Kier alpha value is -1.10. The van der Waals surface area contributed by atoms with E-state index in [9.17, 15) is 9.59 Å². The topological polar surface area (TPSA) is 61.4 Å². The number of amides is 2. The molecule has 0 aromatic heterocycles. The minimum Gasteiger partial charge on any atom is -0.343 e. The van der Waals surface area contributed by atoms with Gasteiger partial charge in [0.15, 0.2) is 0 Å². The number of carbonyl (C=O) groups is 2. The van der Waals surface area contributed by atoms with Crippen LogP contribution >= 0.6 is 0 Å². The first-order chi connectivity index (χ1) is 7.16. The summed E-state index contributed by atoms with van der Waals surface area (Å²) in [5.74, 6) is -0.0246. The first kappa shape index (κ1) is 10.4. The second-order valence-electron chi connectivity index (χ2n) is 4.30. The highest BCUT2D eigenvalue weighted by Crippen LogP contribution is 2.09. The van der Waals surface area contributed by atoms with Crippen molar-refractivity contribution in [1.29, 1.82) is 0 Å². The lowest BCUT2D eigenvalue weighted by atomic mass is 10.1. The molecule has 2 fully saturated rings. The van der Waals surface area contributed by atoms with Crippen LogP contribution in [-0.4, -0.2) is 48.4 Å². The van der Waals surface area contributed by atoms with Gasteiger partial charge in [0.2, 0.25) is 11.8 Å². The summed E-state index contributed by atoms with van der Waals surface area (Å²) in [5, 5.41) is 5.96. The number of carbonyl (C=O) groups excluding carboxylic acids is 2. The lowest BCUT2D eigenvalue weighted by Gasteiger charge is -2.32. The summed E-state index contributed by atoms with van der Waals surface area (Å²) >= 11 is 0. The molecule has 0 saturated carbocycles. The van der Waals surface area contributed by atoms with Crippen LogP contribution in [0.1, 0.15) is 19.8 Å². The Morgan fingerprint density at radius 2 is 2.27 bits per heavy atom. The number of nitrogens with one attached hydrogen (secondary N) is 2. The molecular formula is C10H17N3O2. The minimum absolute atomic E-state index is 0.0308. The molecule has 0 aliphatic carbocycles. The van der Waals surface area contributed by atoms with Crippen LogP contribution in [0.2, 0.25) is 0 Å². The summed E-state index contributed by atoms with van der Waals surface area (Å²) in [6.45, 7) is 3.63. The monoisotopic (exact) mass is 211 g/mol. The van der Waals surface area contributed by atoms with E-state index in [1.165, 1.54) is 0 Å². The van der Waals surface area contributed by atoms with E-state index in [1.54, 1.807) is 11.8 Å². The van der Waals surface area contributed by atoms with Gasteiger partial charge in [0.25, 0.3) is 0 Å². The van der Waals surface area contributed by atoms with Crippen molar-refractivity contribution < 1.29 is 9.59 Å². The lowest BCUT2D eigenvalue weighted by molar-refractivity contribution is -0.144. The molecule has 5 nitrogen and oxygen atoms in total. The van der Waals surface area contributed by atoms with Crippen molar-refractivity contribution >= 4 is 11.8 Å². The van der Waals surface area contributed by atoms with Gasteiger partial charge in [0, 0.05) is 12.6 Å². The number of hydrogen-bond donors (Lipinski definition) is 2. The third kappa shape index (κ3) is 2.28. The Kier molecular flexibility index (Phi) is 2.90. The molecule has 0 spiro atoms. The normalized spacial score (nSPS) is 31.9. The van der Waals surface area contributed by atoms with Gasteiger partial charge in [0.1, 0.15) is 6.04 Å². The van der Waals surface area contributed by atoms with Crippen LogP contribution in [0.15, 0.2) is 0 Å². The van der Waals surface area contributed by atoms with E-state index >= 15 is 0 Å². The van der Waals surface area contributed by atoms with E-state index in [2.05, 4.69) is 10.6 Å². The smallest absolute Gasteiger partial charge is 0.245 e. The maximum Gasteiger partial charge on any atom is 0.245 e. The fraction of sp³-hybridized carbons (Fsp3) is 0.800. The zero-order valence-corrected chi connectivity index (χ0v) is 8.95. The van der Waals surface area contributed by atoms with Gasteiger partial charge in [-0.25, -0.2) is 0 Å². The van der Waals surface area contributed by atoms with Gasteiger partial charge in [-0.15, -0.1) is 0 Å². The van der Waals surface area contributed by atoms with Crippen LogP contribution in [0, 0.1) is 0 Å². The van der Waals surface area contributed by atoms with Gasteiger partial charge < -0.3 is 15.5 Å². The number of nitrogens with zero attached hydrogens (tertiary/aromatic N) is 1. The SMILES string of the molecule is CC1NC(=O)CN(CC2CCCN2)C1=O. The Balaban J connectivity index is 1.94. The standard InChI is InChI=1S/C10H17N3O2/c1-7-10(15)13(6-9(14)12-7)5-8-3-2-4-11-8/h7-8,11H,2-6H2,1H3,(H,12,14). The fourth-order valence-corrected chi connectivity index (χ4v) is 2.21. The van der Waals surface area contributed by atoms with Crippen LogP contribution in [0.5, 0.6) is 0 Å². The van der Waals surface area contributed by atoms with E-state index < -0.39 is 0 Å². The van der Waals surface area contributed by atoms with Crippen LogP contribution < -0.4 is 10.6 Å². The maximum absolute atomic E-state index is 11.7. The van der Waals surface area contributed by atoms with Crippen molar-refractivity contribution in [3.63, 3.8) is 0 Å². The molecule has 15 heavy (non-hydrogen) atoms. The molecule has 0 radical (unpaired) electrons. The second-order valence-corrected chi connectivity index (χ2v) is 4.30. The molecule has 2 rings (SSSR count). The van der Waals surface area contributed by atoms with Gasteiger partial charge in [-0.05, 0) is 26.3 Å². The predicted molar refractivity (Wildman–Crippen MR) is 55.2 cm³/mol. The molecule has 2 N–H and O–H groups in total. The van der Waals surface area contributed by atoms with E-state index in [-0.39, 0.29) is 24.4 Å². The molecule has 0 bridgehead atoms. The summed E-state index contributed by atoms with van der Waals surface area (Å²) in [6.07, 6.45) is 2.26. The second kappa shape index (κ2) is 4.18. The average molecular weight is 211 g/mol. The molecule has 0 aromatic rings. The molecule has 2 unspecified atom stereocenters. The van der Waals surface area contributed by atoms with Crippen LogP contribution in [0.4, 0.5) is 0 Å². The summed E-state index contributed by atoms with van der Waals surface area (Å²) in [7, 11) is 0. The van der Waals surface area contributed by atoms with Gasteiger partial charge in [-0.3, -0.25) is 9.59 Å². The number of rotatable bonds is 2. The minimum atomic E-state index is -0.368. The first-order valence-corrected chi connectivity index (χ1v) is 5.48. The van der Waals surface area contributed by atoms with Crippen molar-refractivity contribution in [3.05, 3.63) is 0 Å². The molecule has 2 aliphatic rings. The summed E-state index contributed by atoms with van der Waals surface area (Å²) in [5.41, 5.74) is 0. The summed E-state index contributed by atoms with van der Waals surface area (Å²) in [4.78, 5) is 24.7. The molecule has 2 aliphatic heterocycles. The molecule has 2 heterocycles. The van der Waals surface area contributed by atoms with Gasteiger partial charge in [-0.1, -0.05) is 0 Å². The van der Waals surface area contributed by atoms with Crippen LogP contribution in [-0.2, 0) is 9.59 Å².